The van der Waals surface area contributed by atoms with Gasteiger partial charge in [-0.15, -0.1) is 0 Å². The molecule has 2 amide bonds. The molecule has 148 valence electrons. The smallest absolute Gasteiger partial charge is 0.411 e. The Bertz CT molecular complexity index is 918. The third-order valence-corrected chi connectivity index (χ3v) is 5.11. The number of benzene rings is 1. The van der Waals surface area contributed by atoms with Crippen molar-refractivity contribution < 1.29 is 19.1 Å². The number of pyridine rings is 1. The zero-order valence-electron chi connectivity index (χ0n) is 15.8. The Morgan fingerprint density at radius 3 is 2.82 bits per heavy atom. The number of nitrogens with zero attached hydrogens (tertiary/aromatic N) is 2. The van der Waals surface area contributed by atoms with Crippen LogP contribution < -0.4 is 16.0 Å². The first-order valence-corrected chi connectivity index (χ1v) is 9.11. The number of hydrogen-bond donors (Lipinski definition) is 3. The predicted molar refractivity (Wildman–Crippen MR) is 105 cm³/mol. The lowest BCUT2D eigenvalue weighted by atomic mass is 9.94. The molecule has 0 saturated carbocycles. The van der Waals surface area contributed by atoms with Crippen molar-refractivity contribution in [2.75, 3.05) is 17.3 Å². The number of rotatable bonds is 1. The Morgan fingerprint density at radius 1 is 1.36 bits per heavy atom. The number of carboxylic acid groups (broad SMARTS) is 1. The number of nitrogens with two attached hydrogens (primary N) is 1. The largest absolute Gasteiger partial charge is 0.465 e. The maximum atomic E-state index is 14.2. The minimum atomic E-state index is -1.12. The van der Waals surface area contributed by atoms with Gasteiger partial charge in [0, 0.05) is 47.6 Å². The van der Waals surface area contributed by atoms with Crippen molar-refractivity contribution in [1.82, 2.24) is 4.98 Å². The van der Waals surface area contributed by atoms with Crippen LogP contribution in [0.25, 0.3) is 11.1 Å². The van der Waals surface area contributed by atoms with Crippen molar-refractivity contribution in [3.8, 4) is 11.1 Å². The standard InChI is InChI=1S/C20H23FN4O3/c1-11-4-3-5-16(22)15-8-12(10-23-18(15)21)14-7-6-13(25(2)20(27)28)9-17(14)24-19(11)26/h6-11,16H,3-5,22H2,1-2H3,(H,24,26)(H,27,28)/t11?,16-/m0/s1. The van der Waals surface area contributed by atoms with Gasteiger partial charge in [0.25, 0.3) is 0 Å². The van der Waals surface area contributed by atoms with Crippen molar-refractivity contribution in [3.05, 3.63) is 42.0 Å². The van der Waals surface area contributed by atoms with Crippen LogP contribution in [-0.2, 0) is 4.79 Å². The SMILES string of the molecule is CC1CCC[C@H](N)c2cc(cnc2F)-c2ccc(N(C)C(=O)O)cc2NC1=O. The van der Waals surface area contributed by atoms with Crippen LogP contribution in [0, 0.1) is 11.9 Å². The molecule has 28 heavy (non-hydrogen) atoms. The summed E-state index contributed by atoms with van der Waals surface area (Å²) >= 11 is 0. The van der Waals surface area contributed by atoms with Crippen molar-refractivity contribution in [2.24, 2.45) is 11.7 Å². The number of halogens is 1. The second kappa shape index (κ2) is 7.93. The van der Waals surface area contributed by atoms with E-state index in [1.807, 2.05) is 6.92 Å². The van der Waals surface area contributed by atoms with Crippen LogP contribution in [-0.4, -0.2) is 29.1 Å². The monoisotopic (exact) mass is 386 g/mol. The Balaban J connectivity index is 2.16. The molecule has 0 fully saturated rings. The summed E-state index contributed by atoms with van der Waals surface area (Å²) in [5, 5.41) is 12.1. The van der Waals surface area contributed by atoms with E-state index in [0.717, 1.165) is 4.90 Å². The van der Waals surface area contributed by atoms with Gasteiger partial charge < -0.3 is 16.2 Å². The maximum absolute atomic E-state index is 14.2. The van der Waals surface area contributed by atoms with Crippen LogP contribution in [0.1, 0.15) is 37.8 Å². The molecule has 7 nitrogen and oxygen atoms in total. The fourth-order valence-corrected chi connectivity index (χ4v) is 3.27. The summed E-state index contributed by atoms with van der Waals surface area (Å²) in [7, 11) is 1.42. The van der Waals surface area contributed by atoms with Gasteiger partial charge in [-0.1, -0.05) is 19.4 Å². The van der Waals surface area contributed by atoms with E-state index in [-0.39, 0.29) is 11.8 Å². The molecule has 3 rings (SSSR count). The minimum absolute atomic E-state index is 0.166. The summed E-state index contributed by atoms with van der Waals surface area (Å²) in [4.78, 5) is 28.8. The molecule has 0 aliphatic carbocycles. The Labute approximate surface area is 162 Å². The number of nitrogens with one attached hydrogen (secondary N) is 1. The average molecular weight is 386 g/mol. The predicted octanol–water partition coefficient (Wildman–Crippen LogP) is 3.76. The van der Waals surface area contributed by atoms with Crippen molar-refractivity contribution in [2.45, 2.75) is 32.2 Å². The summed E-state index contributed by atoms with van der Waals surface area (Å²) in [5.41, 5.74) is 8.55. The van der Waals surface area contributed by atoms with Gasteiger partial charge in [0.15, 0.2) is 0 Å². The molecule has 8 heteroatoms. The van der Waals surface area contributed by atoms with Crippen LogP contribution in [0.5, 0.6) is 0 Å². The van der Waals surface area contributed by atoms with E-state index >= 15 is 0 Å². The number of anilines is 2. The van der Waals surface area contributed by atoms with Crippen LogP contribution in [0.3, 0.4) is 0 Å². The molecule has 1 aliphatic rings. The van der Waals surface area contributed by atoms with Crippen LogP contribution >= 0.6 is 0 Å². The van der Waals surface area contributed by atoms with Gasteiger partial charge in [0.05, 0.1) is 5.69 Å². The Morgan fingerprint density at radius 2 is 2.11 bits per heavy atom. The van der Waals surface area contributed by atoms with Gasteiger partial charge in [0.2, 0.25) is 11.9 Å². The fraction of sp³-hybridized carbons (Fsp3) is 0.350. The molecule has 1 aliphatic heterocycles. The van der Waals surface area contributed by atoms with E-state index in [2.05, 4.69) is 10.3 Å². The van der Waals surface area contributed by atoms with Crippen LogP contribution in [0.15, 0.2) is 30.5 Å². The first-order chi connectivity index (χ1) is 13.3. The highest BCUT2D eigenvalue weighted by Gasteiger charge is 2.21. The summed E-state index contributed by atoms with van der Waals surface area (Å²) in [6.07, 6.45) is 2.10. The van der Waals surface area contributed by atoms with Gasteiger partial charge in [0.1, 0.15) is 0 Å². The lowest BCUT2D eigenvalue weighted by molar-refractivity contribution is -0.119. The van der Waals surface area contributed by atoms with E-state index in [9.17, 15) is 19.1 Å². The highest BCUT2D eigenvalue weighted by molar-refractivity contribution is 5.98. The van der Waals surface area contributed by atoms with Gasteiger partial charge in [-0.25, -0.2) is 9.78 Å². The highest BCUT2D eigenvalue weighted by Crippen LogP contribution is 2.34. The van der Waals surface area contributed by atoms with Crippen LogP contribution in [0.2, 0.25) is 0 Å². The second-order valence-electron chi connectivity index (χ2n) is 7.10. The molecule has 1 aromatic heterocycles. The topological polar surface area (TPSA) is 109 Å². The van der Waals surface area contributed by atoms with Gasteiger partial charge in [-0.05, 0) is 31.0 Å². The molecule has 0 saturated heterocycles. The number of carbonyl (C=O) groups excluding carboxylic acids is 1. The number of hydrogen-bond acceptors (Lipinski definition) is 4. The molecule has 2 bridgehead atoms. The number of carbonyl (C=O) groups is 2. The van der Waals surface area contributed by atoms with E-state index in [0.29, 0.717) is 47.3 Å². The number of fused-ring (bicyclic) bond motifs is 4. The van der Waals surface area contributed by atoms with Gasteiger partial charge in [-0.2, -0.15) is 4.39 Å². The molecule has 4 N–H and O–H groups in total. The molecular weight excluding hydrogens is 363 g/mol. The second-order valence-corrected chi connectivity index (χ2v) is 7.10. The normalized spacial score (nSPS) is 19.6. The first kappa shape index (κ1) is 19.8. The zero-order valence-corrected chi connectivity index (χ0v) is 15.8. The quantitative estimate of drug-likeness (QED) is 0.647. The number of aromatic nitrogens is 1. The van der Waals surface area contributed by atoms with Crippen molar-refractivity contribution in [1.29, 1.82) is 0 Å². The molecule has 2 atom stereocenters. The molecule has 2 heterocycles. The highest BCUT2D eigenvalue weighted by atomic mass is 19.1. The third kappa shape index (κ3) is 3.96. The lowest BCUT2D eigenvalue weighted by Gasteiger charge is -2.21. The summed E-state index contributed by atoms with van der Waals surface area (Å²) in [6.45, 7) is 1.82. The molecule has 0 spiro atoms. The van der Waals surface area contributed by atoms with Crippen LogP contribution in [0.4, 0.5) is 20.6 Å². The summed E-state index contributed by atoms with van der Waals surface area (Å²) in [6, 6.07) is 6.03. The van der Waals surface area contributed by atoms with E-state index in [1.165, 1.54) is 13.2 Å². The molecule has 2 aromatic rings. The third-order valence-electron chi connectivity index (χ3n) is 5.11. The molecular formula is C20H23FN4O3. The molecule has 1 aromatic carbocycles. The van der Waals surface area contributed by atoms with Crippen molar-refractivity contribution >= 4 is 23.4 Å². The fourth-order valence-electron chi connectivity index (χ4n) is 3.27. The lowest BCUT2D eigenvalue weighted by Crippen LogP contribution is -2.25. The van der Waals surface area contributed by atoms with E-state index in [4.69, 9.17) is 5.73 Å². The minimum Gasteiger partial charge on any atom is -0.465 e. The van der Waals surface area contributed by atoms with E-state index < -0.39 is 18.1 Å². The van der Waals surface area contributed by atoms with Gasteiger partial charge in [-0.3, -0.25) is 9.69 Å². The molecule has 0 radical (unpaired) electrons. The summed E-state index contributed by atoms with van der Waals surface area (Å²) in [5.74, 6) is -1.03. The zero-order chi connectivity index (χ0) is 20.4. The average Bonchev–Trinajstić information content (AvgIpc) is 2.66. The number of amides is 2. The van der Waals surface area contributed by atoms with E-state index in [1.54, 1.807) is 24.3 Å². The summed E-state index contributed by atoms with van der Waals surface area (Å²) < 4.78 is 14.2. The van der Waals surface area contributed by atoms with Gasteiger partial charge >= 0.3 is 6.09 Å². The maximum Gasteiger partial charge on any atom is 0.411 e. The first-order valence-electron chi connectivity index (χ1n) is 9.11. The van der Waals surface area contributed by atoms with Crippen molar-refractivity contribution in [3.63, 3.8) is 0 Å². The Kier molecular flexibility index (Phi) is 5.60. The Hall–Kier alpha value is -3.00. The molecule has 1 unspecified atom stereocenters.